The number of hydrogen-bond acceptors (Lipinski definition) is 7. The number of carbonyl (C=O) groups is 2. The highest BCUT2D eigenvalue weighted by Crippen LogP contribution is 2.41. The zero-order valence-electron chi connectivity index (χ0n) is 15.2. The number of hydrogen-bond donors (Lipinski definition) is 0. The first-order valence-corrected chi connectivity index (χ1v) is 9.97. The largest absolute Gasteiger partial charge is 0.466 e. The molecule has 8 heteroatoms. The third-order valence-corrected chi connectivity index (χ3v) is 4.40. The van der Waals surface area contributed by atoms with Crippen molar-refractivity contribution in [2.45, 2.75) is 53.4 Å². The first-order chi connectivity index (χ1) is 11.6. The van der Waals surface area contributed by atoms with Crippen LogP contribution in [0.1, 0.15) is 53.4 Å². The zero-order valence-corrected chi connectivity index (χ0v) is 16.1. The van der Waals surface area contributed by atoms with Crippen LogP contribution in [0.4, 0.5) is 0 Å². The molecule has 0 aliphatic heterocycles. The summed E-state index contributed by atoms with van der Waals surface area (Å²) < 4.78 is 21.0. The van der Waals surface area contributed by atoms with Gasteiger partial charge < -0.3 is 14.0 Å². The molecule has 0 saturated heterocycles. The van der Waals surface area contributed by atoms with Gasteiger partial charge in [0.1, 0.15) is 0 Å². The Morgan fingerprint density at radius 2 is 1.62 bits per heavy atom. The molecule has 0 aromatic carbocycles. The maximum atomic E-state index is 12.2. The van der Waals surface area contributed by atoms with Gasteiger partial charge in [-0.25, -0.2) is 4.89 Å². The van der Waals surface area contributed by atoms with E-state index < -0.39 is 14.3 Å². The highest BCUT2D eigenvalue weighted by molar-refractivity contribution is 7.47. The van der Waals surface area contributed by atoms with Crippen LogP contribution < -0.4 is 0 Å². The van der Waals surface area contributed by atoms with E-state index in [4.69, 9.17) is 23.6 Å². The Bertz CT molecular complexity index is 338. The molecule has 0 aromatic rings. The average Bonchev–Trinajstić information content (AvgIpc) is 2.58. The second-order valence-electron chi connectivity index (χ2n) is 5.04. The number of esters is 2. The Labute approximate surface area is 146 Å². The van der Waals surface area contributed by atoms with Gasteiger partial charge in [-0.05, 0) is 33.1 Å². The van der Waals surface area contributed by atoms with Gasteiger partial charge >= 0.3 is 11.9 Å². The summed E-state index contributed by atoms with van der Waals surface area (Å²) in [6.45, 7) is 9.09. The first-order valence-electron chi connectivity index (χ1n) is 8.61. The van der Waals surface area contributed by atoms with Crippen molar-refractivity contribution in [1.82, 2.24) is 0 Å². The van der Waals surface area contributed by atoms with E-state index in [1.807, 2.05) is 20.8 Å². The molecule has 2 atom stereocenters. The lowest BCUT2D eigenvalue weighted by atomic mass is 10.1. The van der Waals surface area contributed by atoms with Gasteiger partial charge in [-0.2, -0.15) is 4.67 Å². The fourth-order valence-corrected chi connectivity index (χ4v) is 3.14. The van der Waals surface area contributed by atoms with E-state index in [1.54, 1.807) is 6.92 Å². The molecule has 0 fully saturated rings. The van der Waals surface area contributed by atoms with Gasteiger partial charge in [-0.15, -0.1) is 0 Å². The lowest BCUT2D eigenvalue weighted by Crippen LogP contribution is -2.23. The predicted molar refractivity (Wildman–Crippen MR) is 91.3 cm³/mol. The predicted octanol–water partition coefficient (Wildman–Crippen LogP) is 3.61. The molecule has 24 heavy (non-hydrogen) atoms. The van der Waals surface area contributed by atoms with Crippen LogP contribution in [0.25, 0.3) is 0 Å². The van der Waals surface area contributed by atoms with E-state index in [0.717, 1.165) is 12.8 Å². The summed E-state index contributed by atoms with van der Waals surface area (Å²) in [5.41, 5.74) is 0. The highest BCUT2D eigenvalue weighted by Gasteiger charge is 2.27. The second-order valence-corrected chi connectivity index (χ2v) is 6.48. The summed E-state index contributed by atoms with van der Waals surface area (Å²) in [7, 11) is -1.37. The van der Waals surface area contributed by atoms with Gasteiger partial charge in [0.15, 0.2) is 0 Å². The Kier molecular flexibility index (Phi) is 15.3. The smallest absolute Gasteiger partial charge is 0.309 e. The van der Waals surface area contributed by atoms with E-state index in [2.05, 4.69) is 0 Å². The lowest BCUT2D eigenvalue weighted by molar-refractivity contribution is -0.203. The summed E-state index contributed by atoms with van der Waals surface area (Å²) in [5.74, 6) is -1.13. The van der Waals surface area contributed by atoms with E-state index in [9.17, 15) is 9.59 Å². The van der Waals surface area contributed by atoms with Crippen LogP contribution in [0, 0.1) is 5.92 Å². The summed E-state index contributed by atoms with van der Waals surface area (Å²) in [5, 5.41) is 0. The molecule has 142 valence electrons. The topological polar surface area (TPSA) is 80.3 Å². The van der Waals surface area contributed by atoms with E-state index >= 15 is 0 Å². The monoisotopic (exact) mass is 366 g/mol. The molecule has 0 aliphatic rings. The fourth-order valence-electron chi connectivity index (χ4n) is 1.72. The van der Waals surface area contributed by atoms with Crippen LogP contribution in [0.2, 0.25) is 0 Å². The van der Waals surface area contributed by atoms with E-state index in [-0.39, 0.29) is 18.4 Å². The van der Waals surface area contributed by atoms with Crippen molar-refractivity contribution in [1.29, 1.82) is 0 Å². The standard InChI is InChI=1S/C16H31O7P/c1-5-11-19-15(17)10-9-14(16(18)20-12-6-2)13-24(22-8-4)23-21-7-3/h14H,5-13H2,1-4H3. The molecule has 0 radical (unpaired) electrons. The van der Waals surface area contributed by atoms with Crippen molar-refractivity contribution < 1.29 is 33.1 Å². The van der Waals surface area contributed by atoms with Crippen molar-refractivity contribution >= 4 is 20.3 Å². The molecule has 0 N–H and O–H groups in total. The van der Waals surface area contributed by atoms with Crippen molar-refractivity contribution in [2.24, 2.45) is 5.92 Å². The molecule has 0 rings (SSSR count). The van der Waals surface area contributed by atoms with Crippen molar-refractivity contribution in [3.63, 3.8) is 0 Å². The second kappa shape index (κ2) is 15.8. The van der Waals surface area contributed by atoms with Crippen LogP contribution in [0.15, 0.2) is 0 Å². The number of ether oxygens (including phenoxy) is 2. The molecule has 0 saturated carbocycles. The molecule has 7 nitrogen and oxygen atoms in total. The minimum absolute atomic E-state index is 0.163. The van der Waals surface area contributed by atoms with E-state index in [0.29, 0.717) is 39.0 Å². The van der Waals surface area contributed by atoms with Crippen molar-refractivity contribution in [2.75, 3.05) is 32.6 Å². The summed E-state index contributed by atoms with van der Waals surface area (Å²) in [4.78, 5) is 28.8. The Hall–Kier alpha value is -0.750. The van der Waals surface area contributed by atoms with Crippen LogP contribution >= 0.6 is 8.38 Å². The van der Waals surface area contributed by atoms with Gasteiger partial charge in [0.2, 0.25) is 8.38 Å². The molecule has 0 aromatic heterocycles. The normalized spacial score (nSPS) is 13.3. The zero-order chi connectivity index (χ0) is 18.2. The third-order valence-electron chi connectivity index (χ3n) is 2.84. The average molecular weight is 366 g/mol. The summed E-state index contributed by atoms with van der Waals surface area (Å²) in [6.07, 6.45) is 2.34. The van der Waals surface area contributed by atoms with Gasteiger partial charge in [-0.3, -0.25) is 9.59 Å². The molecule has 2 unspecified atom stereocenters. The maximum Gasteiger partial charge on any atom is 0.309 e. The van der Waals surface area contributed by atoms with Gasteiger partial charge in [0.05, 0.1) is 32.3 Å². The summed E-state index contributed by atoms with van der Waals surface area (Å²) >= 11 is 0. The number of rotatable bonds is 15. The molecule has 0 heterocycles. The maximum absolute atomic E-state index is 12.2. The van der Waals surface area contributed by atoms with Crippen LogP contribution in [-0.2, 0) is 33.1 Å². The molecule has 0 bridgehead atoms. The molecular formula is C16H31O7P. The van der Waals surface area contributed by atoms with Gasteiger partial charge in [0.25, 0.3) is 0 Å². The SMILES string of the molecule is CCCOC(=O)CCC(CP(OCC)OOCC)C(=O)OCCC. The minimum atomic E-state index is -1.37. The minimum Gasteiger partial charge on any atom is -0.466 e. The van der Waals surface area contributed by atoms with Crippen LogP contribution in [0.5, 0.6) is 0 Å². The van der Waals surface area contributed by atoms with Crippen molar-refractivity contribution in [3.05, 3.63) is 0 Å². The van der Waals surface area contributed by atoms with E-state index in [1.165, 1.54) is 0 Å². The van der Waals surface area contributed by atoms with Crippen LogP contribution in [0.3, 0.4) is 0 Å². The Balaban J connectivity index is 4.64. The first kappa shape index (κ1) is 23.2. The van der Waals surface area contributed by atoms with Gasteiger partial charge in [-0.1, -0.05) is 13.8 Å². The molecule has 0 aliphatic carbocycles. The Morgan fingerprint density at radius 1 is 0.958 bits per heavy atom. The molecular weight excluding hydrogens is 335 g/mol. The Morgan fingerprint density at radius 3 is 2.21 bits per heavy atom. The lowest BCUT2D eigenvalue weighted by Gasteiger charge is -2.20. The van der Waals surface area contributed by atoms with Crippen molar-refractivity contribution in [3.8, 4) is 0 Å². The molecule has 0 amide bonds. The quantitative estimate of drug-likeness (QED) is 0.190. The fraction of sp³-hybridized carbons (Fsp3) is 0.875. The summed E-state index contributed by atoms with van der Waals surface area (Å²) in [6, 6.07) is 0. The number of carbonyl (C=O) groups excluding carboxylic acids is 2. The van der Waals surface area contributed by atoms with Crippen LogP contribution in [-0.4, -0.2) is 44.5 Å². The highest BCUT2D eigenvalue weighted by atomic mass is 31.2. The van der Waals surface area contributed by atoms with Gasteiger partial charge in [0, 0.05) is 12.6 Å². The molecule has 0 spiro atoms. The third kappa shape index (κ3) is 11.7.